The van der Waals surface area contributed by atoms with Crippen molar-refractivity contribution < 1.29 is 0 Å². The van der Waals surface area contributed by atoms with Crippen molar-refractivity contribution in [2.75, 3.05) is 5.32 Å². The topological polar surface area (TPSA) is 68.5 Å². The van der Waals surface area contributed by atoms with Crippen LogP contribution in [0.4, 0.5) is 11.4 Å². The zero-order valence-electron chi connectivity index (χ0n) is 23.1. The zero-order chi connectivity index (χ0) is 27.9. The molecule has 0 saturated carbocycles. The van der Waals surface area contributed by atoms with Gasteiger partial charge < -0.3 is 9.88 Å². The van der Waals surface area contributed by atoms with Crippen LogP contribution in [0.25, 0.3) is 49.7 Å². The molecule has 198 valence electrons. The molecule has 0 radical (unpaired) electrons. The molecule has 0 saturated heterocycles. The van der Waals surface area contributed by atoms with Gasteiger partial charge in [0.05, 0.1) is 11.0 Å². The van der Waals surface area contributed by atoms with Crippen molar-refractivity contribution in [2.24, 2.45) is 0 Å². The normalized spacial score (nSPS) is 11.3. The van der Waals surface area contributed by atoms with Gasteiger partial charge in [0.1, 0.15) is 0 Å². The van der Waals surface area contributed by atoms with Crippen molar-refractivity contribution in [2.45, 2.75) is 20.8 Å². The Kier molecular flexibility index (Phi) is 6.01. The number of aryl methyl sites for hydroxylation is 3. The molecule has 0 spiro atoms. The Labute approximate surface area is 238 Å². The molecule has 0 atom stereocenters. The lowest BCUT2D eigenvalue weighted by Gasteiger charge is -2.16. The van der Waals surface area contributed by atoms with Crippen molar-refractivity contribution in [3.8, 4) is 27.9 Å². The number of hydrogen-bond donors (Lipinski definition) is 1. The van der Waals surface area contributed by atoms with Crippen molar-refractivity contribution >= 4 is 33.2 Å². The second-order valence-electron chi connectivity index (χ2n) is 10.4. The van der Waals surface area contributed by atoms with Crippen LogP contribution in [0, 0.1) is 20.8 Å². The van der Waals surface area contributed by atoms with Crippen LogP contribution >= 0.6 is 0 Å². The van der Waals surface area contributed by atoms with E-state index in [9.17, 15) is 0 Å². The molecular formula is C35H28N6. The van der Waals surface area contributed by atoms with Crippen LogP contribution in [-0.2, 0) is 0 Å². The van der Waals surface area contributed by atoms with E-state index in [2.05, 4.69) is 99.1 Å². The lowest BCUT2D eigenvalue weighted by Crippen LogP contribution is -1.98. The Bertz CT molecular complexity index is 2020. The summed E-state index contributed by atoms with van der Waals surface area (Å²) in [5.41, 5.74) is 13.5. The summed E-state index contributed by atoms with van der Waals surface area (Å²) < 4.78 is 2.29. The van der Waals surface area contributed by atoms with Crippen LogP contribution in [0.1, 0.15) is 16.7 Å². The van der Waals surface area contributed by atoms with Gasteiger partial charge in [0, 0.05) is 88.5 Å². The first kappa shape index (κ1) is 24.7. The predicted molar refractivity (Wildman–Crippen MR) is 167 cm³/mol. The molecule has 6 nitrogen and oxygen atoms in total. The maximum Gasteiger partial charge on any atom is 0.0572 e. The van der Waals surface area contributed by atoms with Gasteiger partial charge in [-0.15, -0.1) is 0 Å². The van der Waals surface area contributed by atoms with Crippen LogP contribution in [0.15, 0.2) is 110 Å². The largest absolute Gasteiger partial charge is 0.355 e. The molecule has 41 heavy (non-hydrogen) atoms. The van der Waals surface area contributed by atoms with E-state index >= 15 is 0 Å². The van der Waals surface area contributed by atoms with Gasteiger partial charge in [-0.1, -0.05) is 12.1 Å². The summed E-state index contributed by atoms with van der Waals surface area (Å²) in [7, 11) is 0. The van der Waals surface area contributed by atoms with Crippen LogP contribution < -0.4 is 5.32 Å². The first-order chi connectivity index (χ1) is 20.1. The molecule has 5 heterocycles. The highest BCUT2D eigenvalue weighted by Crippen LogP contribution is 2.36. The third kappa shape index (κ3) is 4.30. The maximum absolute atomic E-state index is 4.37. The second-order valence-corrected chi connectivity index (χ2v) is 10.4. The molecule has 0 aliphatic heterocycles. The number of nitrogens with zero attached hydrogens (tertiary/aromatic N) is 5. The zero-order valence-corrected chi connectivity index (χ0v) is 23.1. The van der Waals surface area contributed by atoms with Gasteiger partial charge in [0.15, 0.2) is 0 Å². The van der Waals surface area contributed by atoms with E-state index in [0.29, 0.717) is 0 Å². The van der Waals surface area contributed by atoms with Crippen LogP contribution in [0.2, 0.25) is 0 Å². The Morgan fingerprint density at radius 3 is 1.76 bits per heavy atom. The molecule has 6 heteroatoms. The SMILES string of the molecule is Cc1cc(Nc2ccncc2-c2cnccc2C)ccc1-c1ccc(-n2c3ccncc3c3cnccc32)cc1C. The summed E-state index contributed by atoms with van der Waals surface area (Å²) in [5, 5.41) is 5.82. The quantitative estimate of drug-likeness (QED) is 0.241. The lowest BCUT2D eigenvalue weighted by atomic mass is 9.95. The molecule has 0 aliphatic carbocycles. The second kappa shape index (κ2) is 9.99. The highest BCUT2D eigenvalue weighted by Gasteiger charge is 2.15. The summed E-state index contributed by atoms with van der Waals surface area (Å²) in [5.74, 6) is 0. The van der Waals surface area contributed by atoms with Crippen molar-refractivity contribution in [3.63, 3.8) is 0 Å². The molecule has 0 aliphatic rings. The number of nitrogens with one attached hydrogen (secondary N) is 1. The number of fused-ring (bicyclic) bond motifs is 3. The number of anilines is 2. The van der Waals surface area contributed by atoms with E-state index in [4.69, 9.17) is 0 Å². The fraction of sp³-hybridized carbons (Fsp3) is 0.0857. The number of rotatable bonds is 5. The van der Waals surface area contributed by atoms with Gasteiger partial charge >= 0.3 is 0 Å². The minimum Gasteiger partial charge on any atom is -0.355 e. The van der Waals surface area contributed by atoms with Gasteiger partial charge in [0.25, 0.3) is 0 Å². The summed E-state index contributed by atoms with van der Waals surface area (Å²) in [6.07, 6.45) is 14.9. The number of hydrogen-bond acceptors (Lipinski definition) is 5. The first-order valence-corrected chi connectivity index (χ1v) is 13.6. The fourth-order valence-corrected chi connectivity index (χ4v) is 5.74. The minimum atomic E-state index is 1.00. The van der Waals surface area contributed by atoms with E-state index in [1.807, 2.05) is 61.7 Å². The van der Waals surface area contributed by atoms with E-state index in [-0.39, 0.29) is 0 Å². The average Bonchev–Trinajstić information content (AvgIpc) is 3.33. The Hall–Kier alpha value is -5.36. The molecule has 1 N–H and O–H groups in total. The van der Waals surface area contributed by atoms with E-state index in [0.717, 1.165) is 55.6 Å². The number of benzene rings is 2. The summed E-state index contributed by atoms with van der Waals surface area (Å²) >= 11 is 0. The van der Waals surface area contributed by atoms with Gasteiger partial charge in [-0.25, -0.2) is 0 Å². The van der Waals surface area contributed by atoms with Gasteiger partial charge in [-0.2, -0.15) is 0 Å². The van der Waals surface area contributed by atoms with E-state index in [1.54, 1.807) is 0 Å². The lowest BCUT2D eigenvalue weighted by molar-refractivity contribution is 1.16. The molecular weight excluding hydrogens is 504 g/mol. The highest BCUT2D eigenvalue weighted by atomic mass is 15.0. The molecule has 7 aromatic rings. The smallest absolute Gasteiger partial charge is 0.0572 e. The minimum absolute atomic E-state index is 1.00. The summed E-state index contributed by atoms with van der Waals surface area (Å²) in [4.78, 5) is 17.4. The third-order valence-electron chi connectivity index (χ3n) is 7.78. The average molecular weight is 533 g/mol. The van der Waals surface area contributed by atoms with E-state index < -0.39 is 0 Å². The molecule has 2 aromatic carbocycles. The molecule has 5 aromatic heterocycles. The monoisotopic (exact) mass is 532 g/mol. The maximum atomic E-state index is 4.37. The van der Waals surface area contributed by atoms with Gasteiger partial charge in [-0.05, 0) is 97.1 Å². The third-order valence-corrected chi connectivity index (χ3v) is 7.78. The fourth-order valence-electron chi connectivity index (χ4n) is 5.74. The van der Waals surface area contributed by atoms with Crippen molar-refractivity contribution in [1.82, 2.24) is 24.5 Å². The molecule has 0 unspecified atom stereocenters. The summed E-state index contributed by atoms with van der Waals surface area (Å²) in [6, 6.07) is 21.4. The van der Waals surface area contributed by atoms with Crippen molar-refractivity contribution in [3.05, 3.63) is 127 Å². The van der Waals surface area contributed by atoms with Crippen molar-refractivity contribution in [1.29, 1.82) is 0 Å². The van der Waals surface area contributed by atoms with Crippen LogP contribution in [0.5, 0.6) is 0 Å². The number of pyridine rings is 4. The predicted octanol–water partition coefficient (Wildman–Crippen LogP) is 8.37. The van der Waals surface area contributed by atoms with Crippen LogP contribution in [0.3, 0.4) is 0 Å². The highest BCUT2D eigenvalue weighted by molar-refractivity contribution is 6.08. The molecule has 7 rings (SSSR count). The Morgan fingerprint density at radius 1 is 0.512 bits per heavy atom. The Balaban J connectivity index is 1.23. The molecule has 0 amide bonds. The Morgan fingerprint density at radius 2 is 1.10 bits per heavy atom. The summed E-state index contributed by atoms with van der Waals surface area (Å²) in [6.45, 7) is 6.44. The standard InChI is InChI=1S/C35H28N6/c1-22-8-12-36-18-29(22)30-19-37-13-9-33(30)40-25-4-6-27(23(2)16-25)28-7-5-26(17-24(28)3)41-34-10-14-38-20-31(34)32-21-39-15-11-35(32)41/h4-21H,1-3H3,(H,37,40). The molecule has 0 fully saturated rings. The number of aromatic nitrogens is 5. The van der Waals surface area contributed by atoms with Crippen LogP contribution in [-0.4, -0.2) is 24.5 Å². The first-order valence-electron chi connectivity index (χ1n) is 13.6. The van der Waals surface area contributed by atoms with Gasteiger partial charge in [0.2, 0.25) is 0 Å². The van der Waals surface area contributed by atoms with E-state index in [1.165, 1.54) is 22.3 Å². The molecule has 0 bridgehead atoms. The van der Waals surface area contributed by atoms with Gasteiger partial charge in [-0.3, -0.25) is 19.9 Å².